The monoisotopic (exact) mass is 353 g/mol. The predicted molar refractivity (Wildman–Crippen MR) is 99.1 cm³/mol. The second-order valence-corrected chi connectivity index (χ2v) is 8.83. The Morgan fingerprint density at radius 2 is 1.54 bits per heavy atom. The van der Waals surface area contributed by atoms with E-state index in [0.29, 0.717) is 11.4 Å². The van der Waals surface area contributed by atoms with Crippen molar-refractivity contribution in [3.63, 3.8) is 0 Å². The Morgan fingerprint density at radius 3 is 2.04 bits per heavy atom. The number of likely N-dealkylation sites (N-methyl/N-ethyl adjacent to an activating group) is 1. The van der Waals surface area contributed by atoms with E-state index in [1.165, 1.54) is 0 Å². The van der Waals surface area contributed by atoms with E-state index in [1.807, 2.05) is 27.7 Å². The van der Waals surface area contributed by atoms with Crippen LogP contribution in [0.15, 0.2) is 11.0 Å². The Morgan fingerprint density at radius 1 is 1.04 bits per heavy atom. The maximum Gasteiger partial charge on any atom is 0.241 e. The van der Waals surface area contributed by atoms with Crippen molar-refractivity contribution >= 4 is 10.0 Å². The Bertz CT molecular complexity index is 666. The molecule has 1 N–H and O–H groups in total. The lowest BCUT2D eigenvalue weighted by molar-refractivity contribution is 0.120. The minimum Gasteiger partial charge on any atom is -0.304 e. The first-order valence-corrected chi connectivity index (χ1v) is 10.1. The summed E-state index contributed by atoms with van der Waals surface area (Å²) in [6.07, 6.45) is 0. The van der Waals surface area contributed by atoms with E-state index in [9.17, 15) is 8.42 Å². The largest absolute Gasteiger partial charge is 0.304 e. The summed E-state index contributed by atoms with van der Waals surface area (Å²) >= 11 is 0. The maximum absolute atomic E-state index is 12.9. The van der Waals surface area contributed by atoms with E-state index in [0.717, 1.165) is 48.4 Å². The Balaban J connectivity index is 2.12. The van der Waals surface area contributed by atoms with Gasteiger partial charge in [-0.1, -0.05) is 6.07 Å². The van der Waals surface area contributed by atoms with Crippen LogP contribution >= 0.6 is 0 Å². The molecule has 5 nitrogen and oxygen atoms in total. The average molecular weight is 354 g/mol. The summed E-state index contributed by atoms with van der Waals surface area (Å²) in [7, 11) is -1.38. The third kappa shape index (κ3) is 4.17. The molecule has 0 radical (unpaired) electrons. The van der Waals surface area contributed by atoms with E-state index in [-0.39, 0.29) is 6.04 Å². The highest BCUT2D eigenvalue weighted by atomic mass is 32.2. The molecule has 24 heavy (non-hydrogen) atoms. The molecule has 0 unspecified atom stereocenters. The molecule has 1 aromatic carbocycles. The van der Waals surface area contributed by atoms with Crippen molar-refractivity contribution < 1.29 is 8.42 Å². The molecule has 1 aliphatic heterocycles. The van der Waals surface area contributed by atoms with Gasteiger partial charge in [-0.25, -0.2) is 13.1 Å². The molecule has 2 rings (SSSR count). The summed E-state index contributed by atoms with van der Waals surface area (Å²) in [5.74, 6) is 0. The molecule has 1 saturated heterocycles. The average Bonchev–Trinajstić information content (AvgIpc) is 2.51. The Labute approximate surface area is 147 Å². The highest BCUT2D eigenvalue weighted by Gasteiger charge is 2.24. The molecule has 0 spiro atoms. The van der Waals surface area contributed by atoms with Crippen LogP contribution in [-0.4, -0.2) is 64.0 Å². The van der Waals surface area contributed by atoms with E-state index in [2.05, 4.69) is 34.6 Å². The van der Waals surface area contributed by atoms with Gasteiger partial charge in [0.25, 0.3) is 0 Å². The highest BCUT2D eigenvalue weighted by Crippen LogP contribution is 2.25. The lowest BCUT2D eigenvalue weighted by Gasteiger charge is -2.36. The summed E-state index contributed by atoms with van der Waals surface area (Å²) in [6.45, 7) is 14.3. The van der Waals surface area contributed by atoms with E-state index in [4.69, 9.17) is 0 Å². The van der Waals surface area contributed by atoms with E-state index < -0.39 is 10.0 Å². The predicted octanol–water partition coefficient (Wildman–Crippen LogP) is 1.83. The van der Waals surface area contributed by atoms with Gasteiger partial charge in [-0.15, -0.1) is 0 Å². The number of sulfonamides is 1. The first kappa shape index (κ1) is 19.4. The number of hydrogen-bond donors (Lipinski definition) is 1. The molecule has 0 amide bonds. The lowest BCUT2D eigenvalue weighted by Crippen LogP contribution is -2.51. The van der Waals surface area contributed by atoms with Gasteiger partial charge in [0.1, 0.15) is 0 Å². The van der Waals surface area contributed by atoms with Gasteiger partial charge >= 0.3 is 0 Å². The van der Waals surface area contributed by atoms with Gasteiger partial charge in [-0.3, -0.25) is 4.90 Å². The fourth-order valence-electron chi connectivity index (χ4n) is 3.28. The van der Waals surface area contributed by atoms with Gasteiger partial charge in [0.2, 0.25) is 10.0 Å². The number of benzene rings is 1. The van der Waals surface area contributed by atoms with Gasteiger partial charge in [0.15, 0.2) is 0 Å². The maximum atomic E-state index is 12.9. The molecule has 1 heterocycles. The molecule has 0 bridgehead atoms. The van der Waals surface area contributed by atoms with Crippen molar-refractivity contribution in [3.05, 3.63) is 28.3 Å². The van der Waals surface area contributed by atoms with Crippen LogP contribution in [0.3, 0.4) is 0 Å². The normalized spacial score (nSPS) is 18.8. The van der Waals surface area contributed by atoms with Crippen LogP contribution < -0.4 is 4.72 Å². The fourth-order valence-corrected chi connectivity index (χ4v) is 5.01. The summed E-state index contributed by atoms with van der Waals surface area (Å²) < 4.78 is 28.6. The highest BCUT2D eigenvalue weighted by molar-refractivity contribution is 7.89. The zero-order valence-electron chi connectivity index (χ0n) is 15.8. The summed E-state index contributed by atoms with van der Waals surface area (Å²) in [4.78, 5) is 5.10. The van der Waals surface area contributed by atoms with Crippen LogP contribution in [0.1, 0.15) is 29.2 Å². The minimum atomic E-state index is -3.50. The molecule has 1 aromatic rings. The summed E-state index contributed by atoms with van der Waals surface area (Å²) in [6, 6.07) is 2.25. The fraction of sp³-hybridized carbons (Fsp3) is 0.667. The molecule has 0 saturated carbocycles. The molecule has 1 aliphatic rings. The van der Waals surface area contributed by atoms with Gasteiger partial charge in [0.05, 0.1) is 4.90 Å². The number of nitrogens with zero attached hydrogens (tertiary/aromatic N) is 2. The van der Waals surface area contributed by atoms with Crippen LogP contribution in [-0.2, 0) is 10.0 Å². The minimum absolute atomic E-state index is 0.194. The zero-order valence-corrected chi connectivity index (χ0v) is 16.6. The van der Waals surface area contributed by atoms with Crippen LogP contribution in [0.5, 0.6) is 0 Å². The van der Waals surface area contributed by atoms with Crippen LogP contribution in [0, 0.1) is 27.7 Å². The Hall–Kier alpha value is -0.950. The van der Waals surface area contributed by atoms with Crippen molar-refractivity contribution in [2.24, 2.45) is 0 Å². The Kier molecular flexibility index (Phi) is 6.07. The first-order chi connectivity index (χ1) is 11.1. The third-order valence-corrected chi connectivity index (χ3v) is 6.99. The number of nitrogens with one attached hydrogen (secondary N) is 1. The van der Waals surface area contributed by atoms with Crippen LogP contribution in [0.4, 0.5) is 0 Å². The van der Waals surface area contributed by atoms with Gasteiger partial charge in [-0.05, 0) is 63.9 Å². The number of rotatable bonds is 5. The van der Waals surface area contributed by atoms with Gasteiger partial charge in [-0.2, -0.15) is 0 Å². The molecule has 6 heteroatoms. The quantitative estimate of drug-likeness (QED) is 0.877. The van der Waals surface area contributed by atoms with E-state index in [1.54, 1.807) is 0 Å². The lowest BCUT2D eigenvalue weighted by atomic mass is 10.0. The molecule has 136 valence electrons. The molecule has 1 atom stereocenters. The van der Waals surface area contributed by atoms with Crippen molar-refractivity contribution in [2.75, 3.05) is 39.8 Å². The molecular formula is C18H31N3O2S. The second-order valence-electron chi connectivity index (χ2n) is 7.13. The van der Waals surface area contributed by atoms with Crippen LogP contribution in [0.2, 0.25) is 0 Å². The van der Waals surface area contributed by atoms with Crippen molar-refractivity contribution in [3.8, 4) is 0 Å². The molecule has 0 aromatic heterocycles. The van der Waals surface area contributed by atoms with Crippen molar-refractivity contribution in [1.29, 1.82) is 0 Å². The summed E-state index contributed by atoms with van der Waals surface area (Å²) in [5, 5.41) is 0. The van der Waals surface area contributed by atoms with Crippen molar-refractivity contribution in [1.82, 2.24) is 14.5 Å². The van der Waals surface area contributed by atoms with Crippen molar-refractivity contribution in [2.45, 2.75) is 45.6 Å². The SMILES string of the molecule is Cc1cc(C)c(C)c(S(=O)(=O)NC[C@H](C)N2CCN(C)CC2)c1C. The molecular weight excluding hydrogens is 322 g/mol. The zero-order chi connectivity index (χ0) is 18.1. The van der Waals surface area contributed by atoms with Gasteiger partial charge < -0.3 is 4.90 Å². The number of aryl methyl sites for hydroxylation is 2. The first-order valence-electron chi connectivity index (χ1n) is 8.63. The molecule has 0 aliphatic carbocycles. The topological polar surface area (TPSA) is 52.7 Å². The second kappa shape index (κ2) is 7.52. The standard InChI is InChI=1S/C18H31N3O2S/c1-13-11-14(2)17(5)18(16(13)4)24(22,23)19-12-15(3)21-9-7-20(6)8-10-21/h11,15,19H,7-10,12H2,1-6H3/t15-/m0/s1. The number of piperazine rings is 1. The van der Waals surface area contributed by atoms with E-state index >= 15 is 0 Å². The number of hydrogen-bond acceptors (Lipinski definition) is 4. The van der Waals surface area contributed by atoms with Crippen LogP contribution in [0.25, 0.3) is 0 Å². The summed E-state index contributed by atoms with van der Waals surface area (Å²) in [5.41, 5.74) is 3.73. The van der Waals surface area contributed by atoms with Gasteiger partial charge in [0, 0.05) is 38.8 Å². The smallest absolute Gasteiger partial charge is 0.241 e. The molecule has 1 fully saturated rings. The third-order valence-electron chi connectivity index (χ3n) is 5.30.